The molecule has 2 heterocycles. The first-order valence-corrected chi connectivity index (χ1v) is 9.06. The molecule has 0 saturated carbocycles. The van der Waals surface area contributed by atoms with Gasteiger partial charge >= 0.3 is 0 Å². The molecule has 0 saturated heterocycles. The Balaban J connectivity index is 1.90. The van der Waals surface area contributed by atoms with Gasteiger partial charge in [0.15, 0.2) is 11.5 Å². The van der Waals surface area contributed by atoms with Crippen LogP contribution in [0.15, 0.2) is 12.1 Å². The second kappa shape index (κ2) is 5.50. The van der Waals surface area contributed by atoms with Crippen LogP contribution < -0.4 is 9.47 Å². The van der Waals surface area contributed by atoms with Crippen LogP contribution in [0.2, 0.25) is 0 Å². The highest BCUT2D eigenvalue weighted by Crippen LogP contribution is 2.41. The molecule has 2 aliphatic heterocycles. The second-order valence-electron chi connectivity index (χ2n) is 5.61. The maximum Gasteiger partial charge on any atom is 0.231 e. The lowest BCUT2D eigenvalue weighted by molar-refractivity contribution is 0.174. The number of rotatable bonds is 4. The number of hydrogen-bond acceptors (Lipinski definition) is 4. The number of unbranched alkanes of at least 4 members (excludes halogenated alkanes) is 1. The summed E-state index contributed by atoms with van der Waals surface area (Å²) in [6, 6.07) is 3.78. The third-order valence-electron chi connectivity index (χ3n) is 4.23. The molecule has 1 atom stereocenters. The number of benzene rings is 1. The van der Waals surface area contributed by atoms with Gasteiger partial charge in [0.05, 0.1) is 5.75 Å². The summed E-state index contributed by atoms with van der Waals surface area (Å²) in [5.41, 5.74) is 2.19. The van der Waals surface area contributed by atoms with Crippen LogP contribution in [-0.2, 0) is 16.4 Å². The Kier molecular flexibility index (Phi) is 3.84. The van der Waals surface area contributed by atoms with Crippen LogP contribution in [0, 0.1) is 0 Å². The molecule has 3 rings (SSSR count). The van der Waals surface area contributed by atoms with Crippen LogP contribution in [0.1, 0.15) is 43.9 Å². The SMILES string of the molecule is CCCCS(=O)(=O)N1CCc2cc3c(cc2C1C)OCO3. The van der Waals surface area contributed by atoms with Crippen molar-refractivity contribution in [2.75, 3.05) is 19.1 Å². The summed E-state index contributed by atoms with van der Waals surface area (Å²) < 4.78 is 37.4. The molecular formula is C15H21NO4S. The number of hydrogen-bond donors (Lipinski definition) is 0. The summed E-state index contributed by atoms with van der Waals surface area (Å²) in [6.07, 6.45) is 2.32. The first-order valence-electron chi connectivity index (χ1n) is 7.45. The molecule has 0 fully saturated rings. The van der Waals surface area contributed by atoms with E-state index < -0.39 is 10.0 Å². The van der Waals surface area contributed by atoms with E-state index in [1.54, 1.807) is 4.31 Å². The van der Waals surface area contributed by atoms with Crippen LogP contribution in [-0.4, -0.2) is 31.8 Å². The van der Waals surface area contributed by atoms with Crippen molar-refractivity contribution in [3.63, 3.8) is 0 Å². The van der Waals surface area contributed by atoms with Gasteiger partial charge in [0.2, 0.25) is 16.8 Å². The van der Waals surface area contributed by atoms with Crippen molar-refractivity contribution in [2.24, 2.45) is 0 Å². The fourth-order valence-electron chi connectivity index (χ4n) is 3.01. The summed E-state index contributed by atoms with van der Waals surface area (Å²) >= 11 is 0. The second-order valence-corrected chi connectivity index (χ2v) is 7.65. The average Bonchev–Trinajstić information content (AvgIpc) is 2.91. The zero-order valence-electron chi connectivity index (χ0n) is 12.5. The number of fused-ring (bicyclic) bond motifs is 2. The third-order valence-corrected chi connectivity index (χ3v) is 6.25. The zero-order chi connectivity index (χ0) is 15.0. The van der Waals surface area contributed by atoms with Crippen LogP contribution in [0.4, 0.5) is 0 Å². The van der Waals surface area contributed by atoms with E-state index in [1.807, 2.05) is 26.0 Å². The van der Waals surface area contributed by atoms with E-state index in [0.29, 0.717) is 18.7 Å². The molecule has 0 aliphatic carbocycles. The summed E-state index contributed by atoms with van der Waals surface area (Å²) in [4.78, 5) is 0. The minimum Gasteiger partial charge on any atom is -0.454 e. The Hall–Kier alpha value is -1.27. The van der Waals surface area contributed by atoms with Crippen LogP contribution in [0.25, 0.3) is 0 Å². The molecule has 5 nitrogen and oxygen atoms in total. The molecule has 1 aromatic carbocycles. The standard InChI is InChI=1S/C15H21NO4S/c1-3-4-7-21(17,18)16-6-5-12-8-14-15(20-10-19-14)9-13(12)11(16)2/h8-9,11H,3-7,10H2,1-2H3. The van der Waals surface area contributed by atoms with Gasteiger partial charge < -0.3 is 9.47 Å². The highest BCUT2D eigenvalue weighted by atomic mass is 32.2. The number of nitrogens with zero attached hydrogens (tertiary/aromatic N) is 1. The molecule has 1 aromatic rings. The number of sulfonamides is 1. The van der Waals surface area contributed by atoms with Crippen molar-refractivity contribution < 1.29 is 17.9 Å². The first-order chi connectivity index (χ1) is 10.0. The van der Waals surface area contributed by atoms with E-state index in [1.165, 1.54) is 0 Å². The normalized spacial score (nSPS) is 21.3. The van der Waals surface area contributed by atoms with E-state index in [9.17, 15) is 8.42 Å². The Labute approximate surface area is 125 Å². The van der Waals surface area contributed by atoms with Crippen LogP contribution in [0.5, 0.6) is 11.5 Å². The van der Waals surface area contributed by atoms with Crippen molar-refractivity contribution in [1.82, 2.24) is 4.31 Å². The molecule has 0 N–H and O–H groups in total. The summed E-state index contributed by atoms with van der Waals surface area (Å²) in [5.74, 6) is 1.71. The van der Waals surface area contributed by atoms with Gasteiger partial charge in [-0.15, -0.1) is 0 Å². The quantitative estimate of drug-likeness (QED) is 0.857. The average molecular weight is 311 g/mol. The number of ether oxygens (including phenoxy) is 2. The van der Waals surface area contributed by atoms with E-state index in [-0.39, 0.29) is 18.6 Å². The predicted molar refractivity (Wildman–Crippen MR) is 80.1 cm³/mol. The van der Waals surface area contributed by atoms with Gasteiger partial charge in [-0.05, 0) is 43.0 Å². The van der Waals surface area contributed by atoms with Crippen molar-refractivity contribution in [1.29, 1.82) is 0 Å². The lowest BCUT2D eigenvalue weighted by Crippen LogP contribution is -2.40. The zero-order valence-corrected chi connectivity index (χ0v) is 13.3. The molecule has 2 aliphatic rings. The molecule has 0 radical (unpaired) electrons. The van der Waals surface area contributed by atoms with Gasteiger partial charge in [-0.25, -0.2) is 8.42 Å². The van der Waals surface area contributed by atoms with Gasteiger partial charge in [-0.1, -0.05) is 13.3 Å². The maximum absolute atomic E-state index is 12.5. The highest BCUT2D eigenvalue weighted by Gasteiger charge is 2.33. The summed E-state index contributed by atoms with van der Waals surface area (Å²) in [7, 11) is -3.19. The molecule has 1 unspecified atom stereocenters. The minimum absolute atomic E-state index is 0.148. The molecule has 21 heavy (non-hydrogen) atoms. The van der Waals surface area contributed by atoms with Crippen molar-refractivity contribution in [2.45, 2.75) is 39.2 Å². The third kappa shape index (κ3) is 2.62. The first kappa shape index (κ1) is 14.7. The molecule has 0 aromatic heterocycles. The molecule has 0 bridgehead atoms. The van der Waals surface area contributed by atoms with E-state index in [0.717, 1.165) is 29.7 Å². The topological polar surface area (TPSA) is 55.8 Å². The van der Waals surface area contributed by atoms with Crippen LogP contribution in [0.3, 0.4) is 0 Å². The molecule has 0 amide bonds. The van der Waals surface area contributed by atoms with Gasteiger partial charge in [-0.3, -0.25) is 0 Å². The molecule has 6 heteroatoms. The maximum atomic E-state index is 12.5. The summed E-state index contributed by atoms with van der Waals surface area (Å²) in [5, 5.41) is 0. The van der Waals surface area contributed by atoms with E-state index in [4.69, 9.17) is 9.47 Å². The van der Waals surface area contributed by atoms with E-state index >= 15 is 0 Å². The van der Waals surface area contributed by atoms with Gasteiger partial charge in [0.25, 0.3) is 0 Å². The van der Waals surface area contributed by atoms with Gasteiger partial charge in [0.1, 0.15) is 0 Å². The minimum atomic E-state index is -3.19. The van der Waals surface area contributed by atoms with Crippen molar-refractivity contribution in [3.8, 4) is 11.5 Å². The Morgan fingerprint density at radius 3 is 2.71 bits per heavy atom. The van der Waals surface area contributed by atoms with Crippen molar-refractivity contribution >= 4 is 10.0 Å². The smallest absolute Gasteiger partial charge is 0.231 e. The predicted octanol–water partition coefficient (Wildman–Crippen LogP) is 2.46. The fraction of sp³-hybridized carbons (Fsp3) is 0.600. The van der Waals surface area contributed by atoms with Crippen molar-refractivity contribution in [3.05, 3.63) is 23.3 Å². The highest BCUT2D eigenvalue weighted by molar-refractivity contribution is 7.89. The monoisotopic (exact) mass is 311 g/mol. The summed E-state index contributed by atoms with van der Waals surface area (Å²) in [6.45, 7) is 4.74. The lowest BCUT2D eigenvalue weighted by Gasteiger charge is -2.34. The van der Waals surface area contributed by atoms with Gasteiger partial charge in [0, 0.05) is 12.6 Å². The fourth-order valence-corrected chi connectivity index (χ4v) is 4.86. The Morgan fingerprint density at radius 1 is 1.29 bits per heavy atom. The Bertz CT molecular complexity index is 641. The van der Waals surface area contributed by atoms with Crippen LogP contribution >= 0.6 is 0 Å². The molecule has 116 valence electrons. The van der Waals surface area contributed by atoms with E-state index in [2.05, 4.69) is 0 Å². The lowest BCUT2D eigenvalue weighted by atomic mass is 9.94. The largest absolute Gasteiger partial charge is 0.454 e. The Morgan fingerprint density at radius 2 is 2.00 bits per heavy atom. The van der Waals surface area contributed by atoms with Gasteiger partial charge in [-0.2, -0.15) is 4.31 Å². The molecular weight excluding hydrogens is 290 g/mol. The molecule has 0 spiro atoms.